The van der Waals surface area contributed by atoms with Crippen molar-refractivity contribution in [3.8, 4) is 11.5 Å². The maximum atomic E-state index is 13.1. The van der Waals surface area contributed by atoms with Gasteiger partial charge in [-0.1, -0.05) is 48.5 Å². The number of halogens is 3. The summed E-state index contributed by atoms with van der Waals surface area (Å²) in [6.07, 6.45) is -4.45. The summed E-state index contributed by atoms with van der Waals surface area (Å²) in [4.78, 5) is 21.7. The predicted molar refractivity (Wildman–Crippen MR) is 113 cm³/mol. The lowest BCUT2D eigenvalue weighted by Crippen LogP contribution is -2.32. The maximum absolute atomic E-state index is 13.1. The largest absolute Gasteiger partial charge is 0.408 e. The van der Waals surface area contributed by atoms with Gasteiger partial charge in [-0.25, -0.2) is 9.97 Å². The molecule has 0 aliphatic carbocycles. The number of alkyl halides is 3. The summed E-state index contributed by atoms with van der Waals surface area (Å²) >= 11 is 0. The van der Waals surface area contributed by atoms with Crippen molar-refractivity contribution < 1.29 is 18.0 Å². The van der Waals surface area contributed by atoms with E-state index in [0.717, 1.165) is 10.2 Å². The lowest BCUT2D eigenvalue weighted by atomic mass is 9.78. The van der Waals surface area contributed by atoms with Crippen molar-refractivity contribution in [2.24, 2.45) is 0 Å². The number of amides is 1. The number of nitrogen functional groups attached to an aromatic ring is 1. The van der Waals surface area contributed by atoms with Crippen LogP contribution in [0.25, 0.3) is 22.4 Å². The van der Waals surface area contributed by atoms with Gasteiger partial charge >= 0.3 is 6.18 Å². The average Bonchev–Trinajstić information content (AvgIpc) is 3.23. The molecule has 2 aromatic heterocycles. The van der Waals surface area contributed by atoms with Crippen molar-refractivity contribution in [3.05, 3.63) is 65.7 Å². The SMILES string of the molecule is CC1(c2ccccc2)C(=O)Nc2nc(-c3nn(CC(F)(F)F)c4ccccc34)nc(N)c21. The Morgan fingerprint density at radius 2 is 1.75 bits per heavy atom. The number of rotatable bonds is 3. The van der Waals surface area contributed by atoms with E-state index in [1.54, 1.807) is 31.2 Å². The number of benzene rings is 2. The van der Waals surface area contributed by atoms with Crippen LogP contribution in [0, 0.1) is 0 Å². The second-order valence-corrected chi connectivity index (χ2v) is 7.74. The molecule has 32 heavy (non-hydrogen) atoms. The standard InChI is InChI=1S/C22H17F3N6O/c1-21(12-7-3-2-4-8-12)15-17(26)27-19(28-18(15)29-20(21)32)16-13-9-5-6-10-14(13)31(30-16)11-22(23,24)25/h2-10H,11H2,1H3,(H3,26,27,28,29,32). The number of nitrogens with two attached hydrogens (primary N) is 1. The number of hydrogen-bond acceptors (Lipinski definition) is 5. The number of carbonyl (C=O) groups is 1. The Labute approximate surface area is 180 Å². The summed E-state index contributed by atoms with van der Waals surface area (Å²) in [7, 11) is 0. The highest BCUT2D eigenvalue weighted by atomic mass is 19.4. The van der Waals surface area contributed by atoms with E-state index in [9.17, 15) is 18.0 Å². The van der Waals surface area contributed by atoms with Crippen LogP contribution >= 0.6 is 0 Å². The predicted octanol–water partition coefficient (Wildman–Crippen LogP) is 3.90. The van der Waals surface area contributed by atoms with E-state index in [2.05, 4.69) is 20.4 Å². The van der Waals surface area contributed by atoms with Crippen LogP contribution in [0.4, 0.5) is 24.8 Å². The fraction of sp³-hybridized carbons (Fsp3) is 0.182. The molecule has 2 aromatic carbocycles. The highest BCUT2D eigenvalue weighted by Crippen LogP contribution is 2.45. The van der Waals surface area contributed by atoms with Crippen LogP contribution in [-0.4, -0.2) is 31.8 Å². The number of nitrogens with one attached hydrogen (secondary N) is 1. The Hall–Kier alpha value is -3.95. The Bertz CT molecular complexity index is 1370. The van der Waals surface area contributed by atoms with Crippen LogP contribution in [0.3, 0.4) is 0 Å². The van der Waals surface area contributed by atoms with Crippen molar-refractivity contribution in [2.45, 2.75) is 25.1 Å². The maximum Gasteiger partial charge on any atom is 0.408 e. The molecular weight excluding hydrogens is 421 g/mol. The summed E-state index contributed by atoms with van der Waals surface area (Å²) in [5.41, 5.74) is 6.78. The second-order valence-electron chi connectivity index (χ2n) is 7.74. The average molecular weight is 438 g/mol. The molecule has 0 bridgehead atoms. The number of para-hydroxylation sites is 1. The number of nitrogens with zero attached hydrogens (tertiary/aromatic N) is 4. The first-order valence-electron chi connectivity index (χ1n) is 9.76. The number of aromatic nitrogens is 4. The number of fused-ring (bicyclic) bond motifs is 2. The first-order valence-corrected chi connectivity index (χ1v) is 9.76. The van der Waals surface area contributed by atoms with Gasteiger partial charge in [-0.3, -0.25) is 9.48 Å². The Balaban J connectivity index is 1.68. The normalized spacial score (nSPS) is 18.1. The van der Waals surface area contributed by atoms with E-state index in [4.69, 9.17) is 5.73 Å². The fourth-order valence-corrected chi connectivity index (χ4v) is 4.14. The van der Waals surface area contributed by atoms with Gasteiger partial charge in [0.25, 0.3) is 0 Å². The van der Waals surface area contributed by atoms with Gasteiger partial charge in [0.05, 0.1) is 11.1 Å². The molecule has 1 atom stereocenters. The number of carbonyl (C=O) groups excluding carboxylic acids is 1. The molecule has 4 aromatic rings. The minimum absolute atomic E-state index is 0.0380. The molecule has 1 aliphatic rings. The molecule has 162 valence electrons. The zero-order valence-electron chi connectivity index (χ0n) is 16.8. The quantitative estimate of drug-likeness (QED) is 0.506. The van der Waals surface area contributed by atoms with E-state index in [0.29, 0.717) is 16.5 Å². The Morgan fingerprint density at radius 3 is 2.47 bits per heavy atom. The van der Waals surface area contributed by atoms with Crippen LogP contribution in [0.1, 0.15) is 18.1 Å². The fourth-order valence-electron chi connectivity index (χ4n) is 4.14. The van der Waals surface area contributed by atoms with Gasteiger partial charge in [0, 0.05) is 5.39 Å². The lowest BCUT2D eigenvalue weighted by Gasteiger charge is -2.23. The minimum Gasteiger partial charge on any atom is -0.383 e. The third-order valence-electron chi connectivity index (χ3n) is 5.67. The molecule has 1 unspecified atom stereocenters. The third kappa shape index (κ3) is 2.98. The van der Waals surface area contributed by atoms with Gasteiger partial charge in [-0.05, 0) is 18.6 Å². The molecule has 1 amide bonds. The van der Waals surface area contributed by atoms with E-state index in [1.807, 2.05) is 30.3 Å². The molecule has 0 radical (unpaired) electrons. The zero-order valence-corrected chi connectivity index (χ0v) is 16.8. The minimum atomic E-state index is -4.45. The van der Waals surface area contributed by atoms with Gasteiger partial charge in [0.2, 0.25) is 5.91 Å². The molecule has 3 N–H and O–H groups in total. The van der Waals surface area contributed by atoms with Crippen molar-refractivity contribution >= 4 is 28.4 Å². The third-order valence-corrected chi connectivity index (χ3v) is 5.67. The molecule has 10 heteroatoms. The molecule has 7 nitrogen and oxygen atoms in total. The first-order chi connectivity index (χ1) is 15.2. The molecule has 0 saturated carbocycles. The van der Waals surface area contributed by atoms with Crippen LogP contribution < -0.4 is 11.1 Å². The summed E-state index contributed by atoms with van der Waals surface area (Å²) in [6.45, 7) is 0.479. The van der Waals surface area contributed by atoms with E-state index in [1.165, 1.54) is 0 Å². The van der Waals surface area contributed by atoms with Crippen LogP contribution in [0.15, 0.2) is 54.6 Å². The highest BCUT2D eigenvalue weighted by molar-refractivity contribution is 6.09. The topological polar surface area (TPSA) is 98.7 Å². The van der Waals surface area contributed by atoms with Gasteiger partial charge in [0.1, 0.15) is 29.3 Å². The van der Waals surface area contributed by atoms with E-state index in [-0.39, 0.29) is 29.1 Å². The highest BCUT2D eigenvalue weighted by Gasteiger charge is 2.47. The Kier molecular flexibility index (Phi) is 4.23. The smallest absolute Gasteiger partial charge is 0.383 e. The summed E-state index contributed by atoms with van der Waals surface area (Å²) in [5.74, 6) is 0.00255. The summed E-state index contributed by atoms with van der Waals surface area (Å²) in [5, 5.41) is 7.32. The van der Waals surface area contributed by atoms with Crippen molar-refractivity contribution in [1.29, 1.82) is 0 Å². The monoisotopic (exact) mass is 438 g/mol. The van der Waals surface area contributed by atoms with Crippen molar-refractivity contribution in [1.82, 2.24) is 19.7 Å². The van der Waals surface area contributed by atoms with Gasteiger partial charge < -0.3 is 11.1 Å². The van der Waals surface area contributed by atoms with E-state index >= 15 is 0 Å². The first kappa shape index (κ1) is 20.0. The number of anilines is 2. The summed E-state index contributed by atoms with van der Waals surface area (Å²) < 4.78 is 40.0. The Morgan fingerprint density at radius 1 is 1.06 bits per heavy atom. The van der Waals surface area contributed by atoms with Gasteiger partial charge in [-0.2, -0.15) is 18.3 Å². The van der Waals surface area contributed by atoms with Gasteiger partial charge in [0.15, 0.2) is 5.82 Å². The van der Waals surface area contributed by atoms with Crippen LogP contribution in [0.2, 0.25) is 0 Å². The second kappa shape index (κ2) is 6.78. The molecular formula is C22H17F3N6O. The molecule has 0 saturated heterocycles. The molecule has 3 heterocycles. The molecule has 0 spiro atoms. The molecule has 5 rings (SSSR count). The molecule has 1 aliphatic heterocycles. The van der Waals surface area contributed by atoms with Crippen molar-refractivity contribution in [3.63, 3.8) is 0 Å². The van der Waals surface area contributed by atoms with Crippen molar-refractivity contribution in [2.75, 3.05) is 11.1 Å². The number of hydrogen-bond donors (Lipinski definition) is 2. The van der Waals surface area contributed by atoms with E-state index < -0.39 is 18.1 Å². The molecule has 0 fully saturated rings. The van der Waals surface area contributed by atoms with Crippen LogP contribution in [0.5, 0.6) is 0 Å². The van der Waals surface area contributed by atoms with Gasteiger partial charge in [-0.15, -0.1) is 0 Å². The summed E-state index contributed by atoms with van der Waals surface area (Å²) in [6, 6.07) is 15.6. The zero-order chi connectivity index (χ0) is 22.7. The van der Waals surface area contributed by atoms with Crippen LogP contribution in [-0.2, 0) is 16.8 Å². The lowest BCUT2D eigenvalue weighted by molar-refractivity contribution is -0.141.